The van der Waals surface area contributed by atoms with Gasteiger partial charge in [0.2, 0.25) is 11.5 Å². The van der Waals surface area contributed by atoms with Gasteiger partial charge in [-0.25, -0.2) is 4.39 Å². The Morgan fingerprint density at radius 1 is 0.906 bits per heavy atom. The molecular formula is C42H44FNO9. The number of hydrogen-bond acceptors (Lipinski definition) is 9. The number of aliphatic hydroxyl groups excluding tert-OH is 2. The fraction of sp³-hybridized carbons (Fsp3) is 0.405. The Hall–Kier alpha value is -5.04. The summed E-state index contributed by atoms with van der Waals surface area (Å²) in [4.78, 5) is 39.5. The van der Waals surface area contributed by atoms with Gasteiger partial charge in [0.25, 0.3) is 0 Å². The third-order valence-electron chi connectivity index (χ3n) is 9.12. The Kier molecular flexibility index (Phi) is 12.7. The molecule has 3 atom stereocenters. The highest BCUT2D eigenvalue weighted by Crippen LogP contribution is 2.46. The molecule has 2 unspecified atom stereocenters. The van der Waals surface area contributed by atoms with Crippen LogP contribution >= 0.6 is 0 Å². The third kappa shape index (κ3) is 10.1. The molecule has 2 fully saturated rings. The zero-order chi connectivity index (χ0) is 38.2. The van der Waals surface area contributed by atoms with E-state index in [9.17, 15) is 29.0 Å². The highest BCUT2D eigenvalue weighted by atomic mass is 19.1. The lowest BCUT2D eigenvalue weighted by Crippen LogP contribution is -2.55. The van der Waals surface area contributed by atoms with Gasteiger partial charge in [-0.05, 0) is 92.3 Å². The van der Waals surface area contributed by atoms with Crippen molar-refractivity contribution in [1.82, 2.24) is 0 Å². The SMILES string of the molecule is CC(=O)O[C@@H](CCC1C(=O)N(c2ccc(C#CCC(CO)CO)cc2)C1c1ccc(C#CC2(OC(C)=O)COC(C)(C)OC2)cc1)c1ccc(F)cc1. The van der Waals surface area contributed by atoms with Crippen molar-refractivity contribution in [2.24, 2.45) is 11.8 Å². The van der Waals surface area contributed by atoms with Gasteiger partial charge in [0.1, 0.15) is 25.1 Å². The number of rotatable bonds is 11. The average Bonchev–Trinajstić information content (AvgIpc) is 3.13. The molecule has 11 heteroatoms. The minimum atomic E-state index is -1.26. The lowest BCUT2D eigenvalue weighted by atomic mass is 9.78. The number of carbonyl (C=O) groups is 3. The monoisotopic (exact) mass is 725 g/mol. The van der Waals surface area contributed by atoms with Crippen molar-refractivity contribution in [2.45, 2.75) is 70.5 Å². The van der Waals surface area contributed by atoms with Gasteiger partial charge in [0.05, 0.1) is 12.0 Å². The second-order valence-corrected chi connectivity index (χ2v) is 13.7. The quantitative estimate of drug-likeness (QED) is 0.152. The maximum atomic E-state index is 13.9. The summed E-state index contributed by atoms with van der Waals surface area (Å²) in [5.41, 5.74) is 2.27. The second-order valence-electron chi connectivity index (χ2n) is 13.7. The number of β-lactam (4-membered cyclic amide) rings is 1. The van der Waals surface area contributed by atoms with E-state index in [2.05, 4.69) is 23.7 Å². The molecule has 0 aliphatic carbocycles. The molecule has 2 N–H and O–H groups in total. The second kappa shape index (κ2) is 17.2. The highest BCUT2D eigenvalue weighted by Gasteiger charge is 2.48. The van der Waals surface area contributed by atoms with E-state index in [-0.39, 0.29) is 44.3 Å². The molecule has 2 saturated heterocycles. The fourth-order valence-electron chi connectivity index (χ4n) is 6.24. The summed E-state index contributed by atoms with van der Waals surface area (Å²) < 4.78 is 36.3. The first-order valence-electron chi connectivity index (χ1n) is 17.5. The van der Waals surface area contributed by atoms with Crippen LogP contribution in [0.1, 0.15) is 81.4 Å². The largest absolute Gasteiger partial charge is 0.458 e. The van der Waals surface area contributed by atoms with Crippen molar-refractivity contribution < 1.29 is 47.9 Å². The number of anilines is 1. The van der Waals surface area contributed by atoms with E-state index >= 15 is 0 Å². The number of ether oxygens (including phenoxy) is 4. The number of halogens is 1. The predicted molar refractivity (Wildman–Crippen MR) is 193 cm³/mol. The summed E-state index contributed by atoms with van der Waals surface area (Å²) in [6.07, 6.45) is 0.412. The summed E-state index contributed by atoms with van der Waals surface area (Å²) in [5, 5.41) is 18.6. The molecule has 53 heavy (non-hydrogen) atoms. The Balaban J connectivity index is 1.40. The maximum Gasteiger partial charge on any atom is 0.304 e. The molecular weight excluding hydrogens is 681 g/mol. The van der Waals surface area contributed by atoms with Crippen molar-refractivity contribution in [3.8, 4) is 23.7 Å². The molecule has 2 aliphatic heterocycles. The topological polar surface area (TPSA) is 132 Å². The lowest BCUT2D eigenvalue weighted by Gasteiger charge is -2.48. The van der Waals surface area contributed by atoms with E-state index in [1.165, 1.54) is 26.0 Å². The highest BCUT2D eigenvalue weighted by molar-refractivity contribution is 6.03. The van der Waals surface area contributed by atoms with E-state index < -0.39 is 41.2 Å². The standard InChI is InChI=1S/C42H44FNO9/c1-28(47)52-38(33-14-16-35(43)17-15-33)21-20-37-39(44(40(37)49)36-18-10-30(11-19-36)6-5-7-32(24-45)25-46)34-12-8-31(9-13-34)22-23-42(53-29(2)48)26-50-41(3,4)51-27-42/h8-19,32,37-39,45-46H,7,20-21,24-27H2,1-4H3/t37?,38-,39?/m0/s1. The van der Waals surface area contributed by atoms with Crippen LogP contribution in [0.15, 0.2) is 72.8 Å². The summed E-state index contributed by atoms with van der Waals surface area (Å²) in [7, 11) is 0. The van der Waals surface area contributed by atoms with Crippen LogP contribution in [0, 0.1) is 41.3 Å². The van der Waals surface area contributed by atoms with Gasteiger partial charge in [0.15, 0.2) is 5.79 Å². The Morgan fingerprint density at radius 3 is 2.09 bits per heavy atom. The first-order valence-corrected chi connectivity index (χ1v) is 17.5. The summed E-state index contributed by atoms with van der Waals surface area (Å²) in [5.74, 6) is 9.06. The zero-order valence-corrected chi connectivity index (χ0v) is 30.3. The average molecular weight is 726 g/mol. The van der Waals surface area contributed by atoms with Crippen LogP contribution in [-0.2, 0) is 33.3 Å². The van der Waals surface area contributed by atoms with Crippen molar-refractivity contribution in [3.05, 3.63) is 101 Å². The van der Waals surface area contributed by atoms with Crippen LogP contribution < -0.4 is 4.90 Å². The van der Waals surface area contributed by atoms with Gasteiger partial charge >= 0.3 is 11.9 Å². The third-order valence-corrected chi connectivity index (χ3v) is 9.12. The normalized spacial score (nSPS) is 19.2. The van der Waals surface area contributed by atoms with Gasteiger partial charge in [-0.2, -0.15) is 0 Å². The first kappa shape index (κ1) is 39.2. The molecule has 1 amide bonds. The molecule has 0 saturated carbocycles. The Morgan fingerprint density at radius 2 is 1.51 bits per heavy atom. The van der Waals surface area contributed by atoms with Crippen molar-refractivity contribution in [1.29, 1.82) is 0 Å². The maximum absolute atomic E-state index is 13.9. The van der Waals surface area contributed by atoms with Crippen LogP contribution in [0.2, 0.25) is 0 Å². The van der Waals surface area contributed by atoms with E-state index in [1.54, 1.807) is 30.9 Å². The number of esters is 2. The summed E-state index contributed by atoms with van der Waals surface area (Å²) in [6.45, 7) is 5.96. The van der Waals surface area contributed by atoms with Crippen LogP contribution in [0.5, 0.6) is 0 Å². The molecule has 0 spiro atoms. The van der Waals surface area contributed by atoms with Crippen molar-refractivity contribution in [2.75, 3.05) is 31.3 Å². The minimum absolute atomic E-state index is 0.0496. The molecule has 5 rings (SSSR count). The molecule has 2 aliphatic rings. The van der Waals surface area contributed by atoms with Crippen LogP contribution in [0.4, 0.5) is 10.1 Å². The number of amides is 1. The minimum Gasteiger partial charge on any atom is -0.458 e. The van der Waals surface area contributed by atoms with Crippen LogP contribution in [0.3, 0.4) is 0 Å². The van der Waals surface area contributed by atoms with E-state index in [1.807, 2.05) is 48.5 Å². The van der Waals surface area contributed by atoms with Crippen molar-refractivity contribution >= 4 is 23.5 Å². The molecule has 10 nitrogen and oxygen atoms in total. The first-order chi connectivity index (χ1) is 25.3. The smallest absolute Gasteiger partial charge is 0.304 e. The van der Waals surface area contributed by atoms with E-state index in [4.69, 9.17) is 18.9 Å². The number of hydrogen-bond donors (Lipinski definition) is 2. The Bertz CT molecular complexity index is 1870. The summed E-state index contributed by atoms with van der Waals surface area (Å²) >= 11 is 0. The van der Waals surface area contributed by atoms with Gasteiger partial charge in [0, 0.05) is 56.2 Å². The fourth-order valence-corrected chi connectivity index (χ4v) is 6.24. The lowest BCUT2D eigenvalue weighted by molar-refractivity contribution is -0.291. The van der Waals surface area contributed by atoms with Crippen LogP contribution in [-0.4, -0.2) is 65.9 Å². The number of carbonyl (C=O) groups excluding carboxylic acids is 3. The molecule has 3 aromatic carbocycles. The van der Waals surface area contributed by atoms with E-state index in [0.29, 0.717) is 36.1 Å². The molecule has 3 aromatic rings. The molecule has 2 heterocycles. The summed E-state index contributed by atoms with van der Waals surface area (Å²) in [6, 6.07) is 20.2. The zero-order valence-electron chi connectivity index (χ0n) is 30.3. The van der Waals surface area contributed by atoms with Gasteiger partial charge in [-0.15, -0.1) is 0 Å². The number of nitrogens with zero attached hydrogens (tertiary/aromatic N) is 1. The molecule has 278 valence electrons. The predicted octanol–water partition coefficient (Wildman–Crippen LogP) is 5.39. The van der Waals surface area contributed by atoms with Gasteiger partial charge in [-0.1, -0.05) is 42.0 Å². The van der Waals surface area contributed by atoms with Gasteiger partial charge in [-0.3, -0.25) is 14.4 Å². The van der Waals surface area contributed by atoms with Crippen molar-refractivity contribution in [3.63, 3.8) is 0 Å². The number of aliphatic hydroxyl groups is 2. The number of benzene rings is 3. The van der Waals surface area contributed by atoms with E-state index in [0.717, 1.165) is 11.1 Å². The molecule has 0 radical (unpaired) electrons. The van der Waals surface area contributed by atoms with Crippen LogP contribution in [0.25, 0.3) is 0 Å². The van der Waals surface area contributed by atoms with Gasteiger partial charge < -0.3 is 34.1 Å². The molecule has 0 bridgehead atoms. The Labute approximate surface area is 309 Å². The molecule has 0 aromatic heterocycles.